The quantitative estimate of drug-likeness (QED) is 0.794. The molecule has 2 rings (SSSR count). The van der Waals surface area contributed by atoms with Crippen LogP contribution in [0.4, 0.5) is 0 Å². The highest BCUT2D eigenvalue weighted by Gasteiger charge is 2.31. The minimum Gasteiger partial charge on any atom is -0.371 e. The molecule has 0 saturated carbocycles. The fourth-order valence-electron chi connectivity index (χ4n) is 3.04. The molecule has 17 heavy (non-hydrogen) atoms. The second-order valence-corrected chi connectivity index (χ2v) is 6.24. The van der Waals surface area contributed by atoms with Crippen LogP contribution in [-0.4, -0.2) is 49.3 Å². The molecule has 0 spiro atoms. The fourth-order valence-corrected chi connectivity index (χ4v) is 3.04. The van der Waals surface area contributed by atoms with Crippen molar-refractivity contribution < 1.29 is 4.74 Å². The van der Waals surface area contributed by atoms with Crippen LogP contribution in [0.3, 0.4) is 0 Å². The van der Waals surface area contributed by atoms with E-state index in [1.807, 2.05) is 0 Å². The molecular formula is C14H28N2O. The van der Waals surface area contributed by atoms with Crippen molar-refractivity contribution in [2.24, 2.45) is 5.92 Å². The highest BCUT2D eigenvalue weighted by Crippen LogP contribution is 2.28. The molecule has 2 atom stereocenters. The van der Waals surface area contributed by atoms with Crippen molar-refractivity contribution >= 4 is 0 Å². The summed E-state index contributed by atoms with van der Waals surface area (Å²) < 4.78 is 5.98. The first kappa shape index (κ1) is 13.3. The van der Waals surface area contributed by atoms with E-state index in [9.17, 15) is 0 Å². The third kappa shape index (κ3) is 3.94. The van der Waals surface area contributed by atoms with E-state index in [1.54, 1.807) is 0 Å². The van der Waals surface area contributed by atoms with Gasteiger partial charge in [0.2, 0.25) is 0 Å². The number of hydrogen-bond acceptors (Lipinski definition) is 3. The van der Waals surface area contributed by atoms with E-state index < -0.39 is 0 Å². The van der Waals surface area contributed by atoms with E-state index in [2.05, 4.69) is 31.0 Å². The maximum atomic E-state index is 5.98. The van der Waals surface area contributed by atoms with Crippen molar-refractivity contribution in [3.05, 3.63) is 0 Å². The number of nitrogens with one attached hydrogen (secondary N) is 1. The highest BCUT2D eigenvalue weighted by atomic mass is 16.5. The molecule has 3 nitrogen and oxygen atoms in total. The SMILES string of the molecule is CCN1CCC(CNCC2CCC(C)(C)O2)C1. The van der Waals surface area contributed by atoms with Crippen molar-refractivity contribution in [1.82, 2.24) is 10.2 Å². The first-order valence-corrected chi connectivity index (χ1v) is 7.20. The second-order valence-electron chi connectivity index (χ2n) is 6.24. The zero-order valence-corrected chi connectivity index (χ0v) is 11.7. The van der Waals surface area contributed by atoms with E-state index >= 15 is 0 Å². The largest absolute Gasteiger partial charge is 0.371 e. The van der Waals surface area contributed by atoms with Gasteiger partial charge in [-0.25, -0.2) is 0 Å². The Hall–Kier alpha value is -0.120. The van der Waals surface area contributed by atoms with Crippen LogP contribution in [0.5, 0.6) is 0 Å². The Morgan fingerprint density at radius 1 is 1.29 bits per heavy atom. The van der Waals surface area contributed by atoms with Crippen molar-refractivity contribution in [3.8, 4) is 0 Å². The molecule has 3 heteroatoms. The van der Waals surface area contributed by atoms with Crippen molar-refractivity contribution in [1.29, 1.82) is 0 Å². The Kier molecular flexibility index (Phi) is 4.45. The average molecular weight is 240 g/mol. The summed E-state index contributed by atoms with van der Waals surface area (Å²) in [5, 5.41) is 3.60. The lowest BCUT2D eigenvalue weighted by atomic mass is 10.1. The molecule has 2 fully saturated rings. The third-order valence-corrected chi connectivity index (χ3v) is 4.18. The van der Waals surface area contributed by atoms with Gasteiger partial charge in [0.05, 0.1) is 11.7 Å². The fraction of sp³-hybridized carbons (Fsp3) is 1.00. The molecule has 2 saturated heterocycles. The number of ether oxygens (including phenoxy) is 1. The van der Waals surface area contributed by atoms with E-state index in [0.717, 1.165) is 19.0 Å². The first-order valence-electron chi connectivity index (χ1n) is 7.20. The van der Waals surface area contributed by atoms with E-state index in [0.29, 0.717) is 6.10 Å². The van der Waals surface area contributed by atoms with Gasteiger partial charge in [-0.05, 0) is 58.7 Å². The monoisotopic (exact) mass is 240 g/mol. The van der Waals surface area contributed by atoms with Gasteiger partial charge in [0.25, 0.3) is 0 Å². The summed E-state index contributed by atoms with van der Waals surface area (Å²) in [7, 11) is 0. The zero-order valence-electron chi connectivity index (χ0n) is 11.7. The Morgan fingerprint density at radius 3 is 2.71 bits per heavy atom. The number of hydrogen-bond donors (Lipinski definition) is 1. The van der Waals surface area contributed by atoms with Gasteiger partial charge >= 0.3 is 0 Å². The normalized spacial score (nSPS) is 33.4. The van der Waals surface area contributed by atoms with E-state index in [-0.39, 0.29) is 5.60 Å². The molecule has 2 heterocycles. The minimum atomic E-state index is 0.110. The van der Waals surface area contributed by atoms with Crippen LogP contribution >= 0.6 is 0 Å². The van der Waals surface area contributed by atoms with Gasteiger partial charge in [0, 0.05) is 13.1 Å². The topological polar surface area (TPSA) is 24.5 Å². The van der Waals surface area contributed by atoms with Gasteiger partial charge in [-0.2, -0.15) is 0 Å². The van der Waals surface area contributed by atoms with Crippen LogP contribution in [0.2, 0.25) is 0 Å². The Labute approximate surface area is 106 Å². The lowest BCUT2D eigenvalue weighted by molar-refractivity contribution is -0.0143. The first-order chi connectivity index (χ1) is 8.09. The highest BCUT2D eigenvalue weighted by molar-refractivity contribution is 4.83. The summed E-state index contributed by atoms with van der Waals surface area (Å²) in [4.78, 5) is 2.54. The van der Waals surface area contributed by atoms with Crippen LogP contribution in [0, 0.1) is 5.92 Å². The molecule has 0 aromatic heterocycles. The summed E-state index contributed by atoms with van der Waals surface area (Å²) in [6, 6.07) is 0. The number of rotatable bonds is 5. The summed E-state index contributed by atoms with van der Waals surface area (Å²) in [5.74, 6) is 0.851. The smallest absolute Gasteiger partial charge is 0.0707 e. The van der Waals surface area contributed by atoms with Crippen LogP contribution in [0.15, 0.2) is 0 Å². The van der Waals surface area contributed by atoms with E-state index in [4.69, 9.17) is 4.74 Å². The van der Waals surface area contributed by atoms with Gasteiger partial charge in [-0.1, -0.05) is 6.92 Å². The Morgan fingerprint density at radius 2 is 2.12 bits per heavy atom. The van der Waals surface area contributed by atoms with Gasteiger partial charge < -0.3 is 15.0 Å². The van der Waals surface area contributed by atoms with Crippen LogP contribution in [0.25, 0.3) is 0 Å². The van der Waals surface area contributed by atoms with Crippen LogP contribution in [-0.2, 0) is 4.74 Å². The number of likely N-dealkylation sites (tertiary alicyclic amines) is 1. The maximum Gasteiger partial charge on any atom is 0.0707 e. The molecule has 2 unspecified atom stereocenters. The molecule has 1 N–H and O–H groups in total. The molecule has 0 aliphatic carbocycles. The summed E-state index contributed by atoms with van der Waals surface area (Å²) in [6.07, 6.45) is 4.21. The third-order valence-electron chi connectivity index (χ3n) is 4.18. The predicted octanol–water partition coefficient (Wildman–Crippen LogP) is 1.88. The lowest BCUT2D eigenvalue weighted by Crippen LogP contribution is -2.33. The standard InChI is InChI=1S/C14H28N2O/c1-4-16-8-6-12(11-16)9-15-10-13-5-7-14(2,3)17-13/h12-13,15H,4-11H2,1-3H3. The lowest BCUT2D eigenvalue weighted by Gasteiger charge is -2.20. The Bertz CT molecular complexity index is 242. The van der Waals surface area contributed by atoms with Crippen LogP contribution < -0.4 is 5.32 Å². The van der Waals surface area contributed by atoms with Gasteiger partial charge in [-0.3, -0.25) is 0 Å². The zero-order chi connectivity index (χ0) is 12.3. The van der Waals surface area contributed by atoms with E-state index in [1.165, 1.54) is 38.9 Å². The average Bonchev–Trinajstić information content (AvgIpc) is 2.85. The maximum absolute atomic E-state index is 5.98. The van der Waals surface area contributed by atoms with Gasteiger partial charge in [0.1, 0.15) is 0 Å². The summed E-state index contributed by atoms with van der Waals surface area (Å²) >= 11 is 0. The molecule has 100 valence electrons. The predicted molar refractivity (Wildman–Crippen MR) is 71.3 cm³/mol. The molecule has 2 aliphatic heterocycles. The minimum absolute atomic E-state index is 0.110. The Balaban J connectivity index is 1.58. The van der Waals surface area contributed by atoms with Crippen molar-refractivity contribution in [2.45, 2.75) is 51.7 Å². The molecule has 0 amide bonds. The molecular weight excluding hydrogens is 212 g/mol. The van der Waals surface area contributed by atoms with Crippen molar-refractivity contribution in [2.75, 3.05) is 32.7 Å². The van der Waals surface area contributed by atoms with Crippen LogP contribution in [0.1, 0.15) is 40.0 Å². The molecule has 0 bridgehead atoms. The van der Waals surface area contributed by atoms with Crippen molar-refractivity contribution in [3.63, 3.8) is 0 Å². The molecule has 0 radical (unpaired) electrons. The molecule has 2 aliphatic rings. The molecule has 0 aromatic rings. The summed E-state index contributed by atoms with van der Waals surface area (Å²) in [6.45, 7) is 12.6. The summed E-state index contributed by atoms with van der Waals surface area (Å²) in [5.41, 5.74) is 0.110. The molecule has 0 aromatic carbocycles. The van der Waals surface area contributed by atoms with Gasteiger partial charge in [-0.15, -0.1) is 0 Å². The number of nitrogens with zero attached hydrogens (tertiary/aromatic N) is 1. The second kappa shape index (κ2) is 5.68. The van der Waals surface area contributed by atoms with Gasteiger partial charge in [0.15, 0.2) is 0 Å².